The van der Waals surface area contributed by atoms with Crippen LogP contribution in [0.15, 0.2) is 9.52 Å². The molecule has 0 saturated carbocycles. The lowest BCUT2D eigenvalue weighted by Gasteiger charge is -2.15. The summed E-state index contributed by atoms with van der Waals surface area (Å²) in [5.74, 6) is 3.37. The number of nitrogens with one attached hydrogen (secondary N) is 2. The maximum atomic E-state index is 5.72. The number of aryl methyl sites for hydroxylation is 3. The lowest BCUT2D eigenvalue weighted by Crippen LogP contribution is -2.41. The molecule has 10 heteroatoms. The molecule has 1 aliphatic heterocycles. The van der Waals surface area contributed by atoms with Gasteiger partial charge < -0.3 is 24.5 Å². The van der Waals surface area contributed by atoms with E-state index >= 15 is 0 Å². The maximum Gasteiger partial charge on any atom is 0.192 e. The fourth-order valence-electron chi connectivity index (χ4n) is 3.23. The number of ether oxygens (including phenoxy) is 1. The molecule has 2 aromatic heterocycles. The van der Waals surface area contributed by atoms with Crippen LogP contribution < -0.4 is 10.6 Å². The average molecular weight is 517 g/mol. The average Bonchev–Trinajstić information content (AvgIpc) is 3.43. The Hall–Kier alpha value is -1.69. The van der Waals surface area contributed by atoms with Crippen molar-refractivity contribution in [2.45, 2.75) is 65.6 Å². The predicted octanol–water partition coefficient (Wildman–Crippen LogP) is 2.27. The summed E-state index contributed by atoms with van der Waals surface area (Å²) in [6.45, 7) is 8.72. The summed E-state index contributed by atoms with van der Waals surface area (Å²) in [6.07, 6.45) is 4.07. The summed E-state index contributed by atoms with van der Waals surface area (Å²) in [5, 5.41) is 19.2. The second kappa shape index (κ2) is 11.5. The third-order valence-electron chi connectivity index (χ3n) is 5.12. The molecule has 1 saturated heterocycles. The monoisotopic (exact) mass is 517 g/mol. The van der Waals surface area contributed by atoms with Gasteiger partial charge in [0.05, 0.1) is 24.9 Å². The van der Waals surface area contributed by atoms with Crippen LogP contribution in [0.5, 0.6) is 0 Å². The minimum absolute atomic E-state index is 0. The van der Waals surface area contributed by atoms with Gasteiger partial charge in [0.1, 0.15) is 11.6 Å². The number of halogens is 1. The topological polar surface area (TPSA) is 102 Å². The number of aromatic nitrogens is 4. The first-order valence-electron chi connectivity index (χ1n) is 10.1. The normalized spacial score (nSPS) is 16.7. The standard InChI is InChI=1S/C19H31N7O2.HI/c1-5-16-15(17(6-2)28-25-16)11-21-19(20-10-14-8-7-9-27-14)22-12-18-24-23-13(3)26(18)4;/h14H,5-12H2,1-4H3,(H2,20,21,22);1H. The van der Waals surface area contributed by atoms with Crippen molar-refractivity contribution in [3.8, 4) is 0 Å². The minimum Gasteiger partial charge on any atom is -0.376 e. The fourth-order valence-corrected chi connectivity index (χ4v) is 3.23. The molecule has 0 spiro atoms. The van der Waals surface area contributed by atoms with E-state index in [9.17, 15) is 0 Å². The summed E-state index contributed by atoms with van der Waals surface area (Å²) in [6, 6.07) is 0. The van der Waals surface area contributed by atoms with Crippen LogP contribution in [0, 0.1) is 6.92 Å². The van der Waals surface area contributed by atoms with E-state index in [1.54, 1.807) is 0 Å². The summed E-state index contributed by atoms with van der Waals surface area (Å²) in [7, 11) is 1.96. The van der Waals surface area contributed by atoms with Crippen LogP contribution in [-0.4, -0.2) is 45.1 Å². The van der Waals surface area contributed by atoms with Crippen LogP contribution >= 0.6 is 24.0 Å². The van der Waals surface area contributed by atoms with Crippen molar-refractivity contribution < 1.29 is 9.26 Å². The molecule has 2 N–H and O–H groups in total. The molecule has 0 radical (unpaired) electrons. The van der Waals surface area contributed by atoms with Crippen LogP contribution in [0.4, 0.5) is 0 Å². The highest BCUT2D eigenvalue weighted by Crippen LogP contribution is 2.17. The zero-order valence-corrected chi connectivity index (χ0v) is 20.0. The predicted molar refractivity (Wildman–Crippen MR) is 121 cm³/mol. The van der Waals surface area contributed by atoms with E-state index in [1.165, 1.54) is 0 Å². The summed E-state index contributed by atoms with van der Waals surface area (Å²) in [5.41, 5.74) is 2.06. The van der Waals surface area contributed by atoms with E-state index in [1.807, 2.05) is 18.5 Å². The van der Waals surface area contributed by atoms with Crippen LogP contribution in [0.25, 0.3) is 0 Å². The molecule has 9 nitrogen and oxygen atoms in total. The lowest BCUT2D eigenvalue weighted by molar-refractivity contribution is 0.113. The smallest absolute Gasteiger partial charge is 0.192 e. The molecule has 3 rings (SSSR count). The zero-order chi connectivity index (χ0) is 19.9. The van der Waals surface area contributed by atoms with Crippen molar-refractivity contribution in [2.75, 3.05) is 13.2 Å². The number of nitrogens with zero attached hydrogens (tertiary/aromatic N) is 5. The van der Waals surface area contributed by atoms with Gasteiger partial charge in [-0.05, 0) is 26.2 Å². The second-order valence-corrected chi connectivity index (χ2v) is 6.99. The van der Waals surface area contributed by atoms with Gasteiger partial charge in [-0.15, -0.1) is 34.2 Å². The largest absolute Gasteiger partial charge is 0.376 e. The van der Waals surface area contributed by atoms with Crippen molar-refractivity contribution >= 4 is 29.9 Å². The van der Waals surface area contributed by atoms with Gasteiger partial charge in [-0.2, -0.15) is 0 Å². The summed E-state index contributed by atoms with van der Waals surface area (Å²) >= 11 is 0. The Morgan fingerprint density at radius 1 is 1.24 bits per heavy atom. The molecule has 0 aromatic carbocycles. The van der Waals surface area contributed by atoms with Crippen molar-refractivity contribution in [3.63, 3.8) is 0 Å². The van der Waals surface area contributed by atoms with Gasteiger partial charge in [-0.1, -0.05) is 19.0 Å². The molecule has 1 unspecified atom stereocenters. The molecule has 0 aliphatic carbocycles. The van der Waals surface area contributed by atoms with E-state index in [0.29, 0.717) is 13.1 Å². The van der Waals surface area contributed by atoms with Gasteiger partial charge in [-0.3, -0.25) is 0 Å². The van der Waals surface area contributed by atoms with Gasteiger partial charge in [0.2, 0.25) is 0 Å². The van der Waals surface area contributed by atoms with Crippen LogP contribution in [-0.2, 0) is 37.7 Å². The van der Waals surface area contributed by atoms with Gasteiger partial charge in [-0.25, -0.2) is 4.99 Å². The van der Waals surface area contributed by atoms with E-state index in [2.05, 4.69) is 39.8 Å². The number of rotatable bonds is 8. The van der Waals surface area contributed by atoms with Gasteiger partial charge >= 0.3 is 0 Å². The number of guanidine groups is 1. The highest BCUT2D eigenvalue weighted by atomic mass is 127. The Morgan fingerprint density at radius 3 is 2.69 bits per heavy atom. The zero-order valence-electron chi connectivity index (χ0n) is 17.7. The molecule has 162 valence electrons. The SMILES string of the molecule is CCc1noc(CC)c1CN=C(NCc1nnc(C)n1C)NCC1CCCO1.I. The molecule has 0 amide bonds. The van der Waals surface area contributed by atoms with Crippen molar-refractivity contribution in [1.29, 1.82) is 0 Å². The molecular formula is C19H32IN7O2. The van der Waals surface area contributed by atoms with Gasteiger partial charge in [0.15, 0.2) is 11.8 Å². The summed E-state index contributed by atoms with van der Waals surface area (Å²) in [4.78, 5) is 4.78. The first-order chi connectivity index (χ1) is 13.6. The van der Waals surface area contributed by atoms with E-state index < -0.39 is 0 Å². The third kappa shape index (κ3) is 6.14. The Kier molecular flexibility index (Phi) is 9.34. The minimum atomic E-state index is 0. The second-order valence-electron chi connectivity index (χ2n) is 6.99. The van der Waals surface area contributed by atoms with Crippen LogP contribution in [0.1, 0.15) is 55.4 Å². The highest BCUT2D eigenvalue weighted by molar-refractivity contribution is 14.0. The molecule has 3 heterocycles. The molecule has 29 heavy (non-hydrogen) atoms. The van der Waals surface area contributed by atoms with Gasteiger partial charge in [0, 0.05) is 32.2 Å². The Morgan fingerprint density at radius 2 is 2.07 bits per heavy atom. The molecule has 1 aliphatic rings. The van der Waals surface area contributed by atoms with Crippen molar-refractivity contribution in [3.05, 3.63) is 28.7 Å². The van der Waals surface area contributed by atoms with E-state index in [0.717, 1.165) is 73.5 Å². The first kappa shape index (κ1) is 23.6. The molecular weight excluding hydrogens is 485 g/mol. The maximum absolute atomic E-state index is 5.72. The number of aliphatic imine (C=N–C) groups is 1. The molecule has 2 aromatic rings. The quantitative estimate of drug-likeness (QED) is 0.315. The molecule has 0 bridgehead atoms. The lowest BCUT2D eigenvalue weighted by atomic mass is 10.1. The first-order valence-corrected chi connectivity index (χ1v) is 10.1. The van der Waals surface area contributed by atoms with Crippen molar-refractivity contribution in [2.24, 2.45) is 12.0 Å². The molecule has 1 atom stereocenters. The fraction of sp³-hybridized carbons (Fsp3) is 0.684. The van der Waals surface area contributed by atoms with Crippen LogP contribution in [0.2, 0.25) is 0 Å². The van der Waals surface area contributed by atoms with Crippen LogP contribution in [0.3, 0.4) is 0 Å². The Bertz CT molecular complexity index is 775. The number of hydrogen-bond donors (Lipinski definition) is 2. The van der Waals surface area contributed by atoms with Gasteiger partial charge in [0.25, 0.3) is 0 Å². The van der Waals surface area contributed by atoms with E-state index in [-0.39, 0.29) is 30.1 Å². The number of hydrogen-bond acceptors (Lipinski definition) is 6. The summed E-state index contributed by atoms with van der Waals surface area (Å²) < 4.78 is 13.1. The Labute approximate surface area is 189 Å². The third-order valence-corrected chi connectivity index (χ3v) is 5.12. The highest BCUT2D eigenvalue weighted by Gasteiger charge is 2.17. The van der Waals surface area contributed by atoms with Crippen molar-refractivity contribution in [1.82, 2.24) is 30.6 Å². The van der Waals surface area contributed by atoms with E-state index in [4.69, 9.17) is 14.3 Å². The molecule has 1 fully saturated rings. The Balaban J connectivity index is 0.00000300.